The number of fused-ring (bicyclic) bond motifs is 1. The molecule has 0 amide bonds. The van der Waals surface area contributed by atoms with E-state index in [4.69, 9.17) is 9.15 Å². The van der Waals surface area contributed by atoms with Crippen LogP contribution in [0.25, 0.3) is 11.0 Å². The minimum atomic E-state index is -3.70. The molecule has 0 aliphatic heterocycles. The Kier molecular flexibility index (Phi) is 5.73. The van der Waals surface area contributed by atoms with E-state index in [1.165, 1.54) is 0 Å². The fraction of sp³-hybridized carbons (Fsp3) is 0.300. The van der Waals surface area contributed by atoms with E-state index in [0.717, 1.165) is 11.8 Å². The lowest BCUT2D eigenvalue weighted by Gasteiger charge is -2.09. The number of sulfone groups is 1. The van der Waals surface area contributed by atoms with Crippen molar-refractivity contribution in [2.24, 2.45) is 0 Å². The molecule has 0 fully saturated rings. The standard InChI is InChI=1S/C20H21BrO4S/c1-14(2)19-20(17-6-3-4-7-18(17)25-19)26(22,23)16-10-8-15(9-11-16)24-13-5-12-21/h3-4,6-11,14H,5,12-13H2,1-2H3. The van der Waals surface area contributed by atoms with Gasteiger partial charge in [-0.2, -0.15) is 0 Å². The molecular formula is C20H21BrO4S. The maximum absolute atomic E-state index is 13.3. The topological polar surface area (TPSA) is 56.5 Å². The highest BCUT2D eigenvalue weighted by Crippen LogP contribution is 2.37. The van der Waals surface area contributed by atoms with Crippen LogP contribution in [0.1, 0.15) is 31.9 Å². The number of halogens is 1. The predicted octanol–water partition coefficient (Wildman–Crippen LogP) is 5.55. The van der Waals surface area contributed by atoms with Crippen molar-refractivity contribution < 1.29 is 17.6 Å². The lowest BCUT2D eigenvalue weighted by molar-refractivity contribution is 0.319. The van der Waals surface area contributed by atoms with Crippen molar-refractivity contribution in [2.45, 2.75) is 36.0 Å². The number of hydrogen-bond acceptors (Lipinski definition) is 4. The van der Waals surface area contributed by atoms with Gasteiger partial charge in [0, 0.05) is 16.6 Å². The molecule has 1 heterocycles. The van der Waals surface area contributed by atoms with Gasteiger partial charge in [-0.25, -0.2) is 8.42 Å². The maximum Gasteiger partial charge on any atom is 0.210 e. The molecule has 4 nitrogen and oxygen atoms in total. The molecule has 6 heteroatoms. The molecule has 0 aliphatic rings. The van der Waals surface area contributed by atoms with E-state index in [1.807, 2.05) is 26.0 Å². The summed E-state index contributed by atoms with van der Waals surface area (Å²) in [7, 11) is -3.70. The minimum absolute atomic E-state index is 0.0426. The van der Waals surface area contributed by atoms with Gasteiger partial charge in [-0.15, -0.1) is 0 Å². The first-order valence-corrected chi connectivity index (χ1v) is 11.1. The first-order valence-electron chi connectivity index (χ1n) is 8.50. The molecule has 138 valence electrons. The first-order chi connectivity index (χ1) is 12.4. The molecule has 3 rings (SSSR count). The normalized spacial score (nSPS) is 12.0. The Labute approximate surface area is 162 Å². The molecule has 1 aromatic heterocycles. The summed E-state index contributed by atoms with van der Waals surface area (Å²) in [4.78, 5) is 0.495. The van der Waals surface area contributed by atoms with E-state index in [1.54, 1.807) is 36.4 Å². The van der Waals surface area contributed by atoms with Crippen LogP contribution in [0.4, 0.5) is 0 Å². The van der Waals surface area contributed by atoms with Gasteiger partial charge in [0.15, 0.2) is 0 Å². The minimum Gasteiger partial charge on any atom is -0.494 e. The molecule has 0 aliphatic carbocycles. The second-order valence-electron chi connectivity index (χ2n) is 6.31. The zero-order chi connectivity index (χ0) is 18.7. The fourth-order valence-corrected chi connectivity index (χ4v) is 4.73. The van der Waals surface area contributed by atoms with E-state index in [2.05, 4.69) is 15.9 Å². The lowest BCUT2D eigenvalue weighted by Crippen LogP contribution is -2.05. The summed E-state index contributed by atoms with van der Waals surface area (Å²) in [5.74, 6) is 1.11. The average molecular weight is 437 g/mol. The van der Waals surface area contributed by atoms with Crippen molar-refractivity contribution in [3.8, 4) is 5.75 Å². The van der Waals surface area contributed by atoms with E-state index >= 15 is 0 Å². The van der Waals surface area contributed by atoms with Gasteiger partial charge < -0.3 is 9.15 Å². The van der Waals surface area contributed by atoms with E-state index < -0.39 is 9.84 Å². The van der Waals surface area contributed by atoms with Crippen molar-refractivity contribution in [1.29, 1.82) is 0 Å². The summed E-state index contributed by atoms with van der Waals surface area (Å²) in [6.45, 7) is 4.44. The molecule has 3 aromatic rings. The van der Waals surface area contributed by atoms with E-state index in [0.29, 0.717) is 29.1 Å². The maximum atomic E-state index is 13.3. The van der Waals surface area contributed by atoms with Crippen LogP contribution in [0.2, 0.25) is 0 Å². The van der Waals surface area contributed by atoms with Crippen LogP contribution >= 0.6 is 15.9 Å². The Morgan fingerprint density at radius 3 is 2.42 bits per heavy atom. The largest absolute Gasteiger partial charge is 0.494 e. The van der Waals surface area contributed by atoms with Crippen LogP contribution in [0.5, 0.6) is 5.75 Å². The molecule has 0 spiro atoms. The highest BCUT2D eigenvalue weighted by atomic mass is 79.9. The van der Waals surface area contributed by atoms with Gasteiger partial charge >= 0.3 is 0 Å². The molecule has 0 bridgehead atoms. The number of rotatable bonds is 7. The Morgan fingerprint density at radius 2 is 1.77 bits per heavy atom. The zero-order valence-corrected chi connectivity index (χ0v) is 17.1. The molecule has 26 heavy (non-hydrogen) atoms. The third kappa shape index (κ3) is 3.67. The van der Waals surface area contributed by atoms with Gasteiger partial charge in [-0.3, -0.25) is 0 Å². The first kappa shape index (κ1) is 19.0. The summed E-state index contributed by atoms with van der Waals surface area (Å²) >= 11 is 3.35. The number of benzene rings is 2. The van der Waals surface area contributed by atoms with Crippen LogP contribution < -0.4 is 4.74 Å². The molecule has 0 saturated heterocycles. The van der Waals surface area contributed by atoms with Crippen molar-refractivity contribution in [3.05, 3.63) is 54.3 Å². The number of ether oxygens (including phenoxy) is 1. The molecule has 0 saturated carbocycles. The molecule has 2 aromatic carbocycles. The third-order valence-electron chi connectivity index (χ3n) is 4.05. The van der Waals surface area contributed by atoms with Crippen molar-refractivity contribution in [2.75, 3.05) is 11.9 Å². The second kappa shape index (κ2) is 7.84. The van der Waals surface area contributed by atoms with Gasteiger partial charge in [0.1, 0.15) is 22.0 Å². The Hall–Kier alpha value is -1.79. The van der Waals surface area contributed by atoms with Crippen LogP contribution in [-0.4, -0.2) is 20.4 Å². The third-order valence-corrected chi connectivity index (χ3v) is 6.46. The molecule has 0 unspecified atom stereocenters. The highest BCUT2D eigenvalue weighted by molar-refractivity contribution is 9.09. The molecular weight excluding hydrogens is 416 g/mol. The SMILES string of the molecule is CC(C)c1oc2ccccc2c1S(=O)(=O)c1ccc(OCCCBr)cc1. The quantitative estimate of drug-likeness (QED) is 0.359. The van der Waals surface area contributed by atoms with Crippen molar-refractivity contribution in [1.82, 2.24) is 0 Å². The van der Waals surface area contributed by atoms with E-state index in [-0.39, 0.29) is 15.7 Å². The van der Waals surface area contributed by atoms with Gasteiger partial charge in [0.05, 0.1) is 11.5 Å². The Bertz CT molecular complexity index is 988. The summed E-state index contributed by atoms with van der Waals surface area (Å²) in [6.07, 6.45) is 0.888. The molecule has 0 atom stereocenters. The number of furan rings is 1. The summed E-state index contributed by atoms with van der Waals surface area (Å²) in [5.41, 5.74) is 0.588. The Morgan fingerprint density at radius 1 is 1.08 bits per heavy atom. The predicted molar refractivity (Wildman–Crippen MR) is 106 cm³/mol. The summed E-state index contributed by atoms with van der Waals surface area (Å²) in [6, 6.07) is 13.8. The van der Waals surface area contributed by atoms with Gasteiger partial charge in [-0.1, -0.05) is 41.9 Å². The number of hydrogen-bond donors (Lipinski definition) is 0. The van der Waals surface area contributed by atoms with Crippen LogP contribution in [0, 0.1) is 0 Å². The zero-order valence-electron chi connectivity index (χ0n) is 14.7. The Balaban J connectivity index is 2.03. The smallest absolute Gasteiger partial charge is 0.210 e. The highest BCUT2D eigenvalue weighted by Gasteiger charge is 2.29. The van der Waals surface area contributed by atoms with E-state index in [9.17, 15) is 8.42 Å². The van der Waals surface area contributed by atoms with Crippen molar-refractivity contribution in [3.63, 3.8) is 0 Å². The average Bonchev–Trinajstić information content (AvgIpc) is 3.03. The molecule has 0 radical (unpaired) electrons. The monoisotopic (exact) mass is 436 g/mol. The van der Waals surface area contributed by atoms with Gasteiger partial charge in [-0.05, 0) is 42.8 Å². The van der Waals surface area contributed by atoms with Gasteiger partial charge in [0.2, 0.25) is 9.84 Å². The number of alkyl halides is 1. The fourth-order valence-electron chi connectivity index (χ4n) is 2.78. The van der Waals surface area contributed by atoms with Crippen molar-refractivity contribution >= 4 is 36.7 Å². The lowest BCUT2D eigenvalue weighted by atomic mass is 10.1. The van der Waals surface area contributed by atoms with Gasteiger partial charge in [0.25, 0.3) is 0 Å². The second-order valence-corrected chi connectivity index (χ2v) is 8.99. The van der Waals surface area contributed by atoms with Crippen LogP contribution in [0.3, 0.4) is 0 Å². The summed E-state index contributed by atoms with van der Waals surface area (Å²) in [5, 5.41) is 1.49. The van der Waals surface area contributed by atoms with Crippen LogP contribution in [-0.2, 0) is 9.84 Å². The molecule has 0 N–H and O–H groups in total. The van der Waals surface area contributed by atoms with Crippen LogP contribution in [0.15, 0.2) is 62.7 Å². The number of para-hydroxylation sites is 1. The summed E-state index contributed by atoms with van der Waals surface area (Å²) < 4.78 is 38.0.